The highest BCUT2D eigenvalue weighted by atomic mass is 16.5. The lowest BCUT2D eigenvalue weighted by molar-refractivity contribution is -0.147. The summed E-state index contributed by atoms with van der Waals surface area (Å²) < 4.78 is 5.84. The van der Waals surface area contributed by atoms with E-state index in [9.17, 15) is 4.79 Å². The molecule has 1 aromatic rings. The first kappa shape index (κ1) is 14.2. The summed E-state index contributed by atoms with van der Waals surface area (Å²) in [6, 6.07) is 4.02. The lowest BCUT2D eigenvalue weighted by atomic mass is 9.83. The summed E-state index contributed by atoms with van der Waals surface area (Å²) in [5.74, 6) is 0.138. The van der Waals surface area contributed by atoms with Gasteiger partial charge in [-0.05, 0) is 44.2 Å². The van der Waals surface area contributed by atoms with Crippen molar-refractivity contribution in [2.24, 2.45) is 0 Å². The second-order valence-electron chi connectivity index (χ2n) is 5.14. The molecular formula is C16H23NO2. The van der Waals surface area contributed by atoms with Gasteiger partial charge < -0.3 is 4.74 Å². The summed E-state index contributed by atoms with van der Waals surface area (Å²) in [5, 5.41) is 0. The predicted molar refractivity (Wildman–Crippen MR) is 75.2 cm³/mol. The van der Waals surface area contributed by atoms with Gasteiger partial charge >= 0.3 is 0 Å². The van der Waals surface area contributed by atoms with Gasteiger partial charge in [-0.3, -0.25) is 9.78 Å². The number of aryl methyl sites for hydroxylation is 1. The van der Waals surface area contributed by atoms with Gasteiger partial charge in [0.1, 0.15) is 5.60 Å². The van der Waals surface area contributed by atoms with Crippen molar-refractivity contribution in [1.82, 2.24) is 4.98 Å². The molecule has 0 spiro atoms. The molecule has 0 aliphatic heterocycles. The molecule has 0 saturated heterocycles. The normalized spacial score (nSPS) is 18.4. The summed E-state index contributed by atoms with van der Waals surface area (Å²) in [6.07, 6.45) is 5.07. The van der Waals surface area contributed by atoms with Crippen molar-refractivity contribution in [3.05, 3.63) is 29.6 Å². The van der Waals surface area contributed by atoms with Crippen LogP contribution in [0, 0.1) is 0 Å². The number of ketones is 1. The summed E-state index contributed by atoms with van der Waals surface area (Å²) in [7, 11) is 0. The molecule has 3 nitrogen and oxygen atoms in total. The third-order valence-corrected chi connectivity index (χ3v) is 4.29. The van der Waals surface area contributed by atoms with Gasteiger partial charge in [-0.2, -0.15) is 0 Å². The molecule has 0 fully saturated rings. The van der Waals surface area contributed by atoms with E-state index in [4.69, 9.17) is 4.74 Å². The third kappa shape index (κ3) is 2.44. The molecule has 19 heavy (non-hydrogen) atoms. The van der Waals surface area contributed by atoms with Gasteiger partial charge in [0, 0.05) is 12.8 Å². The van der Waals surface area contributed by atoms with Crippen LogP contribution in [0.5, 0.6) is 0 Å². The molecule has 3 heteroatoms. The Balaban J connectivity index is 2.29. The Hall–Kier alpha value is -1.22. The minimum Gasteiger partial charge on any atom is -0.367 e. The zero-order chi connectivity index (χ0) is 13.9. The van der Waals surface area contributed by atoms with Crippen LogP contribution in [0.1, 0.15) is 57.2 Å². The number of carbonyl (C=O) groups excluding carboxylic acids is 1. The van der Waals surface area contributed by atoms with Gasteiger partial charge in [-0.1, -0.05) is 19.9 Å². The second kappa shape index (κ2) is 5.83. The van der Waals surface area contributed by atoms with E-state index in [1.54, 1.807) is 6.20 Å². The average molecular weight is 261 g/mol. The maximum Gasteiger partial charge on any atom is 0.173 e. The molecule has 0 amide bonds. The summed E-state index contributed by atoms with van der Waals surface area (Å²) in [4.78, 5) is 17.3. The monoisotopic (exact) mass is 261 g/mol. The molecule has 0 N–H and O–H groups in total. The fourth-order valence-corrected chi connectivity index (χ4v) is 3.14. The second-order valence-corrected chi connectivity index (χ2v) is 5.14. The molecule has 1 unspecified atom stereocenters. The lowest BCUT2D eigenvalue weighted by Crippen LogP contribution is -2.43. The van der Waals surface area contributed by atoms with E-state index in [0.717, 1.165) is 31.4 Å². The number of hydrogen-bond donors (Lipinski definition) is 0. The molecule has 0 aromatic carbocycles. The van der Waals surface area contributed by atoms with Crippen molar-refractivity contribution in [3.63, 3.8) is 0 Å². The van der Waals surface area contributed by atoms with Crippen LogP contribution in [0.2, 0.25) is 0 Å². The summed E-state index contributed by atoms with van der Waals surface area (Å²) >= 11 is 0. The maximum atomic E-state index is 12.9. The smallest absolute Gasteiger partial charge is 0.173 e. The van der Waals surface area contributed by atoms with Crippen LogP contribution in [0.15, 0.2) is 18.3 Å². The van der Waals surface area contributed by atoms with Crippen molar-refractivity contribution < 1.29 is 9.53 Å². The molecule has 104 valence electrons. The van der Waals surface area contributed by atoms with Gasteiger partial charge in [-0.25, -0.2) is 0 Å². The number of pyridine rings is 1. The molecule has 1 atom stereocenters. The third-order valence-electron chi connectivity index (χ3n) is 4.29. The molecular weight excluding hydrogens is 238 g/mol. The summed E-state index contributed by atoms with van der Waals surface area (Å²) in [5.41, 5.74) is 1.57. The molecule has 1 heterocycles. The molecule has 0 bridgehead atoms. The number of carbonyl (C=O) groups is 1. The Labute approximate surface area is 115 Å². The Morgan fingerprint density at radius 1 is 1.42 bits per heavy atom. The standard InChI is InChI=1S/C16H23NO2/c1-4-16(5-2,19-6-3)15(18)13-10-9-12-8-7-11-17-14(12)13/h7-8,11,13H,4-6,9-10H2,1-3H3. The van der Waals surface area contributed by atoms with Crippen molar-refractivity contribution >= 4 is 5.78 Å². The topological polar surface area (TPSA) is 39.2 Å². The van der Waals surface area contributed by atoms with Crippen LogP contribution in [-0.2, 0) is 16.0 Å². The minimum atomic E-state index is -0.626. The first-order valence-corrected chi connectivity index (χ1v) is 7.30. The van der Waals surface area contributed by atoms with Crippen molar-refractivity contribution in [2.45, 2.75) is 58.0 Å². The fraction of sp³-hybridized carbons (Fsp3) is 0.625. The number of Topliss-reactive ketones (excluding diaryl/α,β-unsaturated/α-hetero) is 1. The number of fused-ring (bicyclic) bond motifs is 1. The molecule has 2 rings (SSSR count). The number of hydrogen-bond acceptors (Lipinski definition) is 3. The van der Waals surface area contributed by atoms with Gasteiger partial charge in [0.05, 0.1) is 11.6 Å². The minimum absolute atomic E-state index is 0.0809. The number of aromatic nitrogens is 1. The van der Waals surface area contributed by atoms with E-state index in [1.807, 2.05) is 26.8 Å². The van der Waals surface area contributed by atoms with Crippen molar-refractivity contribution in [3.8, 4) is 0 Å². The Morgan fingerprint density at radius 3 is 2.79 bits per heavy atom. The van der Waals surface area contributed by atoms with Gasteiger partial charge in [0.2, 0.25) is 0 Å². The van der Waals surface area contributed by atoms with Crippen LogP contribution < -0.4 is 0 Å². The van der Waals surface area contributed by atoms with Gasteiger partial charge in [0.25, 0.3) is 0 Å². The van der Waals surface area contributed by atoms with Crippen LogP contribution >= 0.6 is 0 Å². The van der Waals surface area contributed by atoms with E-state index in [-0.39, 0.29) is 11.7 Å². The number of nitrogens with zero attached hydrogens (tertiary/aromatic N) is 1. The van der Waals surface area contributed by atoms with E-state index in [2.05, 4.69) is 11.1 Å². The highest BCUT2D eigenvalue weighted by Gasteiger charge is 2.43. The lowest BCUT2D eigenvalue weighted by Gasteiger charge is -2.32. The van der Waals surface area contributed by atoms with Crippen molar-refractivity contribution in [2.75, 3.05) is 6.61 Å². The predicted octanol–water partition coefficient (Wildman–Crippen LogP) is 3.28. The van der Waals surface area contributed by atoms with Crippen LogP contribution in [0.3, 0.4) is 0 Å². The molecule has 1 aromatic heterocycles. The zero-order valence-electron chi connectivity index (χ0n) is 12.1. The van der Waals surface area contributed by atoms with Gasteiger partial charge in [-0.15, -0.1) is 0 Å². The molecule has 1 aliphatic rings. The highest BCUT2D eigenvalue weighted by Crippen LogP contribution is 2.37. The van der Waals surface area contributed by atoms with E-state index >= 15 is 0 Å². The van der Waals surface area contributed by atoms with Crippen molar-refractivity contribution in [1.29, 1.82) is 0 Å². The first-order chi connectivity index (χ1) is 9.18. The van der Waals surface area contributed by atoms with E-state index < -0.39 is 5.60 Å². The number of ether oxygens (including phenoxy) is 1. The first-order valence-electron chi connectivity index (χ1n) is 7.30. The van der Waals surface area contributed by atoms with Crippen LogP contribution in [0.4, 0.5) is 0 Å². The molecule has 1 aliphatic carbocycles. The largest absolute Gasteiger partial charge is 0.367 e. The fourth-order valence-electron chi connectivity index (χ4n) is 3.14. The highest BCUT2D eigenvalue weighted by molar-refractivity contribution is 5.93. The van der Waals surface area contributed by atoms with E-state index in [0.29, 0.717) is 6.61 Å². The SMILES string of the molecule is CCOC(CC)(CC)C(=O)C1CCc2cccnc21. The zero-order valence-corrected chi connectivity index (χ0v) is 12.1. The quantitative estimate of drug-likeness (QED) is 0.789. The van der Waals surface area contributed by atoms with Crippen LogP contribution in [0.25, 0.3) is 0 Å². The number of rotatable bonds is 6. The Bertz CT molecular complexity index is 452. The average Bonchev–Trinajstić information content (AvgIpc) is 2.88. The Kier molecular flexibility index (Phi) is 4.35. The summed E-state index contributed by atoms with van der Waals surface area (Å²) in [6.45, 7) is 6.60. The molecule has 0 saturated carbocycles. The maximum absolute atomic E-state index is 12.9. The Morgan fingerprint density at radius 2 is 2.16 bits per heavy atom. The van der Waals surface area contributed by atoms with E-state index in [1.165, 1.54) is 5.56 Å². The molecule has 0 radical (unpaired) electrons. The van der Waals surface area contributed by atoms with Gasteiger partial charge in [0.15, 0.2) is 5.78 Å². The van der Waals surface area contributed by atoms with Crippen LogP contribution in [-0.4, -0.2) is 23.0 Å².